The first-order chi connectivity index (χ1) is 15.5. The Bertz CT molecular complexity index is 1410. The zero-order chi connectivity index (χ0) is 22.4. The van der Waals surface area contributed by atoms with E-state index in [0.717, 1.165) is 34.8 Å². The smallest absolute Gasteiger partial charge is 0.259 e. The van der Waals surface area contributed by atoms with Crippen LogP contribution < -0.4 is 10.1 Å². The maximum atomic E-state index is 12.9. The lowest BCUT2D eigenvalue weighted by molar-refractivity contribution is 0.0880. The normalized spacial score (nSPS) is 13.1. The first kappa shape index (κ1) is 20.5. The number of halogens is 1. The number of aromatic nitrogens is 1. The van der Waals surface area contributed by atoms with Crippen LogP contribution in [0.4, 0.5) is 0 Å². The minimum Gasteiger partial charge on any atom is -0.496 e. The third-order valence-corrected chi connectivity index (χ3v) is 6.32. The topological polar surface area (TPSA) is 91.4 Å². The summed E-state index contributed by atoms with van der Waals surface area (Å²) in [6.07, 6.45) is 2.31. The fourth-order valence-corrected chi connectivity index (χ4v) is 4.77. The number of imide groups is 1. The number of unbranched alkanes of at least 4 members (excludes halogenated alkanes) is 1. The number of methoxy groups -OCH3 is 1. The maximum Gasteiger partial charge on any atom is 0.259 e. The van der Waals surface area contributed by atoms with E-state index < -0.39 is 11.8 Å². The molecule has 5 rings (SSSR count). The number of hydrogen-bond acceptors (Lipinski definition) is 4. The van der Waals surface area contributed by atoms with Crippen LogP contribution in [0.5, 0.6) is 5.75 Å². The molecule has 7 heteroatoms. The van der Waals surface area contributed by atoms with Gasteiger partial charge in [-0.1, -0.05) is 29.8 Å². The van der Waals surface area contributed by atoms with Gasteiger partial charge in [-0.15, -0.1) is 0 Å². The zero-order valence-electron chi connectivity index (χ0n) is 17.4. The second-order valence-electron chi connectivity index (χ2n) is 7.88. The lowest BCUT2D eigenvalue weighted by atomic mass is 9.92. The molecule has 2 heterocycles. The highest BCUT2D eigenvalue weighted by Crippen LogP contribution is 2.42. The van der Waals surface area contributed by atoms with Gasteiger partial charge in [0.05, 0.1) is 18.2 Å². The molecule has 6 nitrogen and oxygen atoms in total. The molecule has 0 unspecified atom stereocenters. The van der Waals surface area contributed by atoms with Crippen molar-refractivity contribution in [3.8, 4) is 16.9 Å². The third-order valence-electron chi connectivity index (χ3n) is 5.99. The van der Waals surface area contributed by atoms with Crippen molar-refractivity contribution in [1.29, 1.82) is 0 Å². The average molecular weight is 449 g/mol. The second-order valence-corrected chi connectivity index (χ2v) is 8.28. The van der Waals surface area contributed by atoms with Gasteiger partial charge in [-0.2, -0.15) is 0 Å². The molecule has 2 amide bonds. The van der Waals surface area contributed by atoms with Gasteiger partial charge in [-0.25, -0.2) is 0 Å². The van der Waals surface area contributed by atoms with E-state index >= 15 is 0 Å². The number of ether oxygens (including phenoxy) is 1. The Morgan fingerprint density at radius 3 is 2.50 bits per heavy atom. The lowest BCUT2D eigenvalue weighted by Crippen LogP contribution is -2.20. The lowest BCUT2D eigenvalue weighted by Gasteiger charge is -2.10. The van der Waals surface area contributed by atoms with Crippen molar-refractivity contribution in [2.75, 3.05) is 13.7 Å². The van der Waals surface area contributed by atoms with Crippen LogP contribution in [0.2, 0.25) is 5.02 Å². The molecule has 3 N–H and O–H groups in total. The van der Waals surface area contributed by atoms with Crippen LogP contribution in [-0.4, -0.2) is 35.6 Å². The number of carbonyl (C=O) groups excluding carboxylic acids is 2. The first-order valence-corrected chi connectivity index (χ1v) is 10.8. The summed E-state index contributed by atoms with van der Waals surface area (Å²) in [5.74, 6) is -0.135. The Morgan fingerprint density at radius 1 is 0.969 bits per heavy atom. The Morgan fingerprint density at radius 2 is 1.75 bits per heavy atom. The van der Waals surface area contributed by atoms with Gasteiger partial charge in [0.25, 0.3) is 11.8 Å². The van der Waals surface area contributed by atoms with Gasteiger partial charge in [0, 0.05) is 39.0 Å². The molecule has 1 aliphatic rings. The SMILES string of the molecule is COc1cc2c(cc1CCCCO)[nH]c1cc(-c3ccccc3Cl)c3c(c12)C(=O)NC3=O. The van der Waals surface area contributed by atoms with E-state index in [4.69, 9.17) is 21.4 Å². The number of nitrogens with one attached hydrogen (secondary N) is 2. The van der Waals surface area contributed by atoms with Crippen molar-refractivity contribution >= 4 is 45.2 Å². The van der Waals surface area contributed by atoms with Crippen LogP contribution in [0.3, 0.4) is 0 Å². The fourth-order valence-electron chi connectivity index (χ4n) is 4.54. The van der Waals surface area contributed by atoms with Crippen LogP contribution in [0, 0.1) is 0 Å². The van der Waals surface area contributed by atoms with Gasteiger partial charge in [-0.3, -0.25) is 14.9 Å². The second kappa shape index (κ2) is 7.97. The quantitative estimate of drug-likeness (QED) is 0.290. The number of carbonyl (C=O) groups is 2. The van der Waals surface area contributed by atoms with E-state index in [1.165, 1.54) is 0 Å². The van der Waals surface area contributed by atoms with Gasteiger partial charge in [0.2, 0.25) is 0 Å². The van der Waals surface area contributed by atoms with Gasteiger partial charge in [0.1, 0.15) is 5.75 Å². The van der Waals surface area contributed by atoms with Gasteiger partial charge in [0.15, 0.2) is 0 Å². The van der Waals surface area contributed by atoms with Gasteiger partial charge >= 0.3 is 0 Å². The summed E-state index contributed by atoms with van der Waals surface area (Å²) in [5, 5.41) is 13.6. The van der Waals surface area contributed by atoms with Crippen molar-refractivity contribution in [2.45, 2.75) is 19.3 Å². The molecule has 0 aliphatic carbocycles. The number of aromatic amines is 1. The molecule has 0 fully saturated rings. The summed E-state index contributed by atoms with van der Waals surface area (Å²) in [5.41, 5.74) is 4.61. The number of hydrogen-bond donors (Lipinski definition) is 3. The molecule has 0 saturated carbocycles. The highest BCUT2D eigenvalue weighted by molar-refractivity contribution is 6.36. The standard InChI is InChI=1S/C25H21ClN2O4/c1-32-20-12-16-18(10-13(20)6-4-5-9-29)27-19-11-15(14-7-2-3-8-17(14)26)22-23(21(16)19)25(31)28-24(22)30/h2-3,7-8,10-12,27,29H,4-6,9H2,1H3,(H,28,30,31). The predicted octanol–water partition coefficient (Wildman–Crippen LogP) is 4.85. The van der Waals surface area contributed by atoms with Crippen LogP contribution in [-0.2, 0) is 6.42 Å². The number of fused-ring (bicyclic) bond motifs is 5. The van der Waals surface area contributed by atoms with E-state index in [1.807, 2.05) is 36.4 Å². The number of aliphatic hydroxyl groups is 1. The molecule has 0 atom stereocenters. The molecule has 4 aromatic rings. The summed E-state index contributed by atoms with van der Waals surface area (Å²) in [6.45, 7) is 0.150. The van der Waals surface area contributed by atoms with E-state index in [2.05, 4.69) is 10.3 Å². The van der Waals surface area contributed by atoms with Crippen LogP contribution in [0.1, 0.15) is 39.1 Å². The Hall–Kier alpha value is -3.35. The summed E-state index contributed by atoms with van der Waals surface area (Å²) in [4.78, 5) is 29.1. The van der Waals surface area contributed by atoms with E-state index in [-0.39, 0.29) is 6.61 Å². The first-order valence-electron chi connectivity index (χ1n) is 10.4. The number of H-pyrrole nitrogens is 1. The van der Waals surface area contributed by atoms with E-state index in [1.54, 1.807) is 13.2 Å². The summed E-state index contributed by atoms with van der Waals surface area (Å²) < 4.78 is 5.62. The monoisotopic (exact) mass is 448 g/mol. The van der Waals surface area contributed by atoms with Crippen LogP contribution in [0.25, 0.3) is 32.9 Å². The van der Waals surface area contributed by atoms with Crippen molar-refractivity contribution in [3.05, 3.63) is 64.2 Å². The maximum absolute atomic E-state index is 12.9. The molecule has 1 aliphatic heterocycles. The average Bonchev–Trinajstić information content (AvgIpc) is 3.28. The number of rotatable bonds is 6. The van der Waals surface area contributed by atoms with Crippen LogP contribution in [0.15, 0.2) is 42.5 Å². The Kier molecular flexibility index (Phi) is 5.12. The van der Waals surface area contributed by atoms with Gasteiger partial charge < -0.3 is 14.8 Å². The Balaban J connectivity index is 1.81. The molecular formula is C25H21ClN2O4. The largest absolute Gasteiger partial charge is 0.496 e. The number of amides is 2. The number of aliphatic hydroxyl groups excluding tert-OH is 1. The summed E-state index contributed by atoms with van der Waals surface area (Å²) in [6, 6.07) is 13.1. The molecule has 32 heavy (non-hydrogen) atoms. The van der Waals surface area contributed by atoms with Crippen molar-refractivity contribution in [2.24, 2.45) is 0 Å². The molecule has 0 bridgehead atoms. The van der Waals surface area contributed by atoms with Crippen LogP contribution >= 0.6 is 11.6 Å². The summed E-state index contributed by atoms with van der Waals surface area (Å²) in [7, 11) is 1.61. The van der Waals surface area contributed by atoms with Crippen molar-refractivity contribution in [3.63, 3.8) is 0 Å². The molecule has 1 aromatic heterocycles. The van der Waals surface area contributed by atoms with Crippen molar-refractivity contribution < 1.29 is 19.4 Å². The fraction of sp³-hybridized carbons (Fsp3) is 0.200. The van der Waals surface area contributed by atoms with E-state index in [0.29, 0.717) is 44.8 Å². The molecular weight excluding hydrogens is 428 g/mol. The number of benzene rings is 3. The minimum absolute atomic E-state index is 0.150. The highest BCUT2D eigenvalue weighted by atomic mass is 35.5. The molecule has 0 radical (unpaired) electrons. The molecule has 0 saturated heterocycles. The number of aryl methyl sites for hydroxylation is 1. The molecule has 0 spiro atoms. The van der Waals surface area contributed by atoms with Crippen molar-refractivity contribution in [1.82, 2.24) is 10.3 Å². The molecule has 3 aromatic carbocycles. The highest BCUT2D eigenvalue weighted by Gasteiger charge is 2.34. The van der Waals surface area contributed by atoms with E-state index in [9.17, 15) is 9.59 Å². The zero-order valence-corrected chi connectivity index (χ0v) is 18.2. The molecule has 162 valence electrons. The predicted molar refractivity (Wildman–Crippen MR) is 125 cm³/mol. The van der Waals surface area contributed by atoms with Gasteiger partial charge in [-0.05, 0) is 54.7 Å². The third kappa shape index (κ3) is 3.15. The summed E-state index contributed by atoms with van der Waals surface area (Å²) >= 11 is 6.43. The Labute approximate surface area is 189 Å². The minimum atomic E-state index is -0.427.